The van der Waals surface area contributed by atoms with Crippen LogP contribution in [0.5, 0.6) is 0 Å². The highest BCUT2D eigenvalue weighted by atomic mass is 35.5. The lowest BCUT2D eigenvalue weighted by molar-refractivity contribution is 0.476. The van der Waals surface area contributed by atoms with Gasteiger partial charge in [-0.1, -0.05) is 18.5 Å². The summed E-state index contributed by atoms with van der Waals surface area (Å²) in [6, 6.07) is 5.94. The molecule has 0 atom stereocenters. The molecule has 0 fully saturated rings. The van der Waals surface area contributed by atoms with Crippen LogP contribution in [0.1, 0.15) is 24.0 Å². The van der Waals surface area contributed by atoms with Crippen LogP contribution in [0, 0.1) is 6.92 Å². The van der Waals surface area contributed by atoms with Crippen LogP contribution in [0.15, 0.2) is 28.8 Å². The topological polar surface area (TPSA) is 38.1 Å². The van der Waals surface area contributed by atoms with E-state index in [0.29, 0.717) is 11.7 Å². The zero-order chi connectivity index (χ0) is 12.3. The zero-order valence-electron chi connectivity index (χ0n) is 9.96. The summed E-state index contributed by atoms with van der Waals surface area (Å²) in [4.78, 5) is 4.08. The molecule has 1 N–H and O–H groups in total. The van der Waals surface area contributed by atoms with Crippen molar-refractivity contribution >= 4 is 17.3 Å². The highest BCUT2D eigenvalue weighted by Crippen LogP contribution is 2.20. The Morgan fingerprint density at radius 2 is 2.12 bits per heavy atom. The first-order chi connectivity index (χ1) is 8.19. The maximum Gasteiger partial charge on any atom is 0.152 e. The molecule has 90 valence electrons. The number of furan rings is 1. The lowest BCUT2D eigenvalue weighted by atomic mass is 10.3. The van der Waals surface area contributed by atoms with Gasteiger partial charge in [-0.15, -0.1) is 0 Å². The van der Waals surface area contributed by atoms with Crippen LogP contribution in [0.25, 0.3) is 0 Å². The van der Waals surface area contributed by atoms with E-state index in [1.54, 1.807) is 6.20 Å². The van der Waals surface area contributed by atoms with Gasteiger partial charge in [-0.25, -0.2) is 4.98 Å². The van der Waals surface area contributed by atoms with Crippen molar-refractivity contribution in [1.82, 2.24) is 4.98 Å². The molecule has 2 rings (SSSR count). The van der Waals surface area contributed by atoms with Gasteiger partial charge in [0.15, 0.2) is 5.15 Å². The number of hydrogen-bond donors (Lipinski definition) is 1. The van der Waals surface area contributed by atoms with E-state index in [-0.39, 0.29) is 0 Å². The predicted octanol–water partition coefficient (Wildman–Crippen LogP) is 3.81. The summed E-state index contributed by atoms with van der Waals surface area (Å²) in [6.07, 6.45) is 2.66. The second-order valence-corrected chi connectivity index (χ2v) is 4.28. The molecule has 3 nitrogen and oxygen atoms in total. The molecule has 0 aromatic carbocycles. The van der Waals surface area contributed by atoms with Gasteiger partial charge in [0.2, 0.25) is 0 Å². The van der Waals surface area contributed by atoms with E-state index in [2.05, 4.69) is 17.2 Å². The average molecular weight is 251 g/mol. The second-order valence-electron chi connectivity index (χ2n) is 3.93. The maximum atomic E-state index is 5.99. The van der Waals surface area contributed by atoms with Crippen molar-refractivity contribution < 1.29 is 4.42 Å². The van der Waals surface area contributed by atoms with Gasteiger partial charge in [0.05, 0.1) is 12.2 Å². The Kier molecular flexibility index (Phi) is 3.69. The maximum absolute atomic E-state index is 5.99. The standard InChI is InChI=1S/C13H15ClN2O/c1-3-10-4-5-11(17-10)8-15-12-6-9(2)7-16-13(12)14/h4-7,15H,3,8H2,1-2H3. The van der Waals surface area contributed by atoms with Gasteiger partial charge in [0, 0.05) is 12.6 Å². The molecule has 0 amide bonds. The third kappa shape index (κ3) is 3.01. The van der Waals surface area contributed by atoms with E-state index in [9.17, 15) is 0 Å². The Balaban J connectivity index is 2.04. The molecule has 17 heavy (non-hydrogen) atoms. The molecule has 0 bridgehead atoms. The third-order valence-corrected chi connectivity index (χ3v) is 2.80. The monoisotopic (exact) mass is 250 g/mol. The number of halogens is 1. The van der Waals surface area contributed by atoms with Crippen molar-refractivity contribution in [1.29, 1.82) is 0 Å². The summed E-state index contributed by atoms with van der Waals surface area (Å²) in [5.74, 6) is 1.90. The molecule has 2 aromatic heterocycles. The average Bonchev–Trinajstić information content (AvgIpc) is 2.78. The van der Waals surface area contributed by atoms with E-state index in [4.69, 9.17) is 16.0 Å². The van der Waals surface area contributed by atoms with E-state index in [1.807, 2.05) is 25.1 Å². The lowest BCUT2D eigenvalue weighted by Gasteiger charge is -2.06. The van der Waals surface area contributed by atoms with Crippen LogP contribution in [0.2, 0.25) is 5.15 Å². The van der Waals surface area contributed by atoms with Gasteiger partial charge in [-0.2, -0.15) is 0 Å². The number of aryl methyl sites for hydroxylation is 2. The molecule has 0 spiro atoms. The molecule has 2 aromatic rings. The van der Waals surface area contributed by atoms with Crippen LogP contribution >= 0.6 is 11.6 Å². The Labute approximate surface area is 106 Å². The van der Waals surface area contributed by atoms with Crippen molar-refractivity contribution in [2.75, 3.05) is 5.32 Å². The second kappa shape index (κ2) is 5.23. The zero-order valence-corrected chi connectivity index (χ0v) is 10.7. The SMILES string of the molecule is CCc1ccc(CNc2cc(C)cnc2Cl)o1. The van der Waals surface area contributed by atoms with Crippen LogP contribution in [0.4, 0.5) is 5.69 Å². The molecule has 0 radical (unpaired) electrons. The smallest absolute Gasteiger partial charge is 0.152 e. The molecule has 0 saturated carbocycles. The Morgan fingerprint density at radius 1 is 1.35 bits per heavy atom. The van der Waals surface area contributed by atoms with Gasteiger partial charge >= 0.3 is 0 Å². The molecule has 0 aliphatic rings. The normalized spacial score (nSPS) is 10.5. The van der Waals surface area contributed by atoms with Crippen molar-refractivity contribution in [3.63, 3.8) is 0 Å². The van der Waals surface area contributed by atoms with Crippen molar-refractivity contribution in [2.24, 2.45) is 0 Å². The predicted molar refractivity (Wildman–Crippen MR) is 69.4 cm³/mol. The first-order valence-electron chi connectivity index (χ1n) is 5.62. The minimum absolute atomic E-state index is 0.484. The summed E-state index contributed by atoms with van der Waals surface area (Å²) in [7, 11) is 0. The molecule has 0 saturated heterocycles. The van der Waals surface area contributed by atoms with Gasteiger partial charge in [0.25, 0.3) is 0 Å². The quantitative estimate of drug-likeness (QED) is 0.839. The molecule has 0 aliphatic heterocycles. The van der Waals surface area contributed by atoms with Crippen LogP contribution in [0.3, 0.4) is 0 Å². The highest BCUT2D eigenvalue weighted by molar-refractivity contribution is 6.31. The van der Waals surface area contributed by atoms with E-state index < -0.39 is 0 Å². The summed E-state index contributed by atoms with van der Waals surface area (Å²) in [5, 5.41) is 3.70. The van der Waals surface area contributed by atoms with Gasteiger partial charge in [-0.05, 0) is 30.7 Å². The number of hydrogen-bond acceptors (Lipinski definition) is 3. The minimum Gasteiger partial charge on any atom is -0.464 e. The number of nitrogens with zero attached hydrogens (tertiary/aromatic N) is 1. The summed E-state index contributed by atoms with van der Waals surface area (Å²) in [5.41, 5.74) is 1.91. The summed E-state index contributed by atoms with van der Waals surface area (Å²) in [6.45, 7) is 4.67. The van der Waals surface area contributed by atoms with Crippen molar-refractivity contribution in [3.8, 4) is 0 Å². The van der Waals surface area contributed by atoms with E-state index in [0.717, 1.165) is 29.2 Å². The van der Waals surface area contributed by atoms with E-state index in [1.165, 1.54) is 0 Å². The Bertz CT molecular complexity index is 508. The fourth-order valence-corrected chi connectivity index (χ4v) is 1.74. The first-order valence-corrected chi connectivity index (χ1v) is 6.00. The fourth-order valence-electron chi connectivity index (χ4n) is 1.57. The highest BCUT2D eigenvalue weighted by Gasteiger charge is 2.04. The summed E-state index contributed by atoms with van der Waals surface area (Å²) < 4.78 is 5.60. The van der Waals surface area contributed by atoms with Gasteiger partial charge < -0.3 is 9.73 Å². The first kappa shape index (κ1) is 12.0. The number of anilines is 1. The van der Waals surface area contributed by atoms with Crippen LogP contribution in [-0.2, 0) is 13.0 Å². The number of pyridine rings is 1. The van der Waals surface area contributed by atoms with Gasteiger partial charge in [0.1, 0.15) is 11.5 Å². The fraction of sp³-hybridized carbons (Fsp3) is 0.308. The molecular weight excluding hydrogens is 236 g/mol. The van der Waals surface area contributed by atoms with Crippen LogP contribution in [-0.4, -0.2) is 4.98 Å². The molecule has 4 heteroatoms. The molecular formula is C13H15ClN2O. The summed E-state index contributed by atoms with van der Waals surface area (Å²) >= 11 is 5.99. The number of rotatable bonds is 4. The molecule has 0 unspecified atom stereocenters. The Hall–Kier alpha value is -1.48. The van der Waals surface area contributed by atoms with Crippen molar-refractivity contribution in [3.05, 3.63) is 46.6 Å². The minimum atomic E-state index is 0.484. The number of aromatic nitrogens is 1. The van der Waals surface area contributed by atoms with E-state index >= 15 is 0 Å². The third-order valence-electron chi connectivity index (χ3n) is 2.49. The Morgan fingerprint density at radius 3 is 2.82 bits per heavy atom. The van der Waals surface area contributed by atoms with Crippen molar-refractivity contribution in [2.45, 2.75) is 26.8 Å². The van der Waals surface area contributed by atoms with Crippen LogP contribution < -0.4 is 5.32 Å². The van der Waals surface area contributed by atoms with Gasteiger partial charge in [-0.3, -0.25) is 0 Å². The largest absolute Gasteiger partial charge is 0.464 e. The molecule has 0 aliphatic carbocycles. The lowest BCUT2D eigenvalue weighted by Crippen LogP contribution is -2.00. The number of nitrogens with one attached hydrogen (secondary N) is 1. The molecule has 2 heterocycles.